The molecule has 0 bridgehead atoms. The van der Waals surface area contributed by atoms with Gasteiger partial charge in [-0.3, -0.25) is 14.7 Å². The van der Waals surface area contributed by atoms with Crippen molar-refractivity contribution in [2.24, 2.45) is 0 Å². The van der Waals surface area contributed by atoms with Gasteiger partial charge in [-0.1, -0.05) is 18.2 Å². The third-order valence-corrected chi connectivity index (χ3v) is 6.23. The summed E-state index contributed by atoms with van der Waals surface area (Å²) >= 11 is 2.03. The molecule has 142 valence electrons. The molecule has 1 N–H and O–H groups in total. The highest BCUT2D eigenvalue weighted by Gasteiger charge is 2.28. The summed E-state index contributed by atoms with van der Waals surface area (Å²) in [4.78, 5) is 21.8. The van der Waals surface area contributed by atoms with E-state index in [1.54, 1.807) is 6.20 Å². The van der Waals surface area contributed by atoms with Crippen LogP contribution in [0.5, 0.6) is 0 Å². The third-order valence-electron chi connectivity index (χ3n) is 5.28. The fraction of sp³-hybridized carbons (Fsp3) is 0.429. The Bertz CT molecular complexity index is 747. The number of hydrogen-bond donors (Lipinski definition) is 1. The Hall–Kier alpha value is -1.89. The minimum absolute atomic E-state index is 0.0328. The molecule has 2 aromatic rings. The summed E-state index contributed by atoms with van der Waals surface area (Å²) in [6.45, 7) is 5.58. The Labute approximate surface area is 165 Å². The summed E-state index contributed by atoms with van der Waals surface area (Å²) in [6.07, 6.45) is 3.63. The van der Waals surface area contributed by atoms with Gasteiger partial charge in [0, 0.05) is 68.7 Å². The highest BCUT2D eigenvalue weighted by Crippen LogP contribution is 2.24. The summed E-state index contributed by atoms with van der Waals surface area (Å²) < 4.78 is 0. The molecule has 0 saturated carbocycles. The number of pyridine rings is 1. The average Bonchev–Trinajstić information content (AvgIpc) is 2.75. The molecular weight excluding hydrogens is 356 g/mol. The minimum Gasteiger partial charge on any atom is -0.329 e. The number of nitrogens with zero attached hydrogens (tertiary/aromatic N) is 3. The van der Waals surface area contributed by atoms with Crippen molar-refractivity contribution in [3.8, 4) is 0 Å². The summed E-state index contributed by atoms with van der Waals surface area (Å²) in [5, 5.41) is 3.40. The van der Waals surface area contributed by atoms with Crippen LogP contribution in [0.2, 0.25) is 0 Å². The number of amides is 1. The topological polar surface area (TPSA) is 48.5 Å². The first-order valence-corrected chi connectivity index (χ1v) is 10.8. The van der Waals surface area contributed by atoms with Gasteiger partial charge in [0.2, 0.25) is 0 Å². The number of hydrogen-bond acceptors (Lipinski definition) is 5. The maximum Gasteiger partial charge on any atom is 0.254 e. The maximum atomic E-state index is 13.1. The normalized spacial score (nSPS) is 21.2. The van der Waals surface area contributed by atoms with Crippen molar-refractivity contribution in [3.05, 3.63) is 65.5 Å². The molecule has 2 aliphatic rings. The SMILES string of the molecule is O=C(c1ccc(CN2CCSCC2)cc1)N1CCNCC1c1cccnc1. The van der Waals surface area contributed by atoms with E-state index in [0.717, 1.165) is 43.9 Å². The Kier molecular flexibility index (Phi) is 6.07. The number of benzene rings is 1. The van der Waals surface area contributed by atoms with E-state index < -0.39 is 0 Å². The van der Waals surface area contributed by atoms with Crippen molar-refractivity contribution in [1.29, 1.82) is 0 Å². The molecule has 5 nitrogen and oxygen atoms in total. The van der Waals surface area contributed by atoms with Gasteiger partial charge in [-0.15, -0.1) is 0 Å². The van der Waals surface area contributed by atoms with Crippen molar-refractivity contribution in [1.82, 2.24) is 20.1 Å². The number of thioether (sulfide) groups is 1. The Morgan fingerprint density at radius 3 is 2.70 bits per heavy atom. The lowest BCUT2D eigenvalue weighted by Gasteiger charge is -2.36. The predicted molar refractivity (Wildman–Crippen MR) is 110 cm³/mol. The molecule has 6 heteroatoms. The van der Waals surface area contributed by atoms with Crippen LogP contribution in [0, 0.1) is 0 Å². The van der Waals surface area contributed by atoms with Crippen molar-refractivity contribution < 1.29 is 4.79 Å². The Morgan fingerprint density at radius 1 is 1.15 bits per heavy atom. The van der Waals surface area contributed by atoms with Gasteiger partial charge in [-0.25, -0.2) is 0 Å². The van der Waals surface area contributed by atoms with Crippen LogP contribution in [0.1, 0.15) is 27.5 Å². The first-order chi connectivity index (χ1) is 13.3. The monoisotopic (exact) mass is 382 g/mol. The fourth-order valence-electron chi connectivity index (χ4n) is 3.75. The van der Waals surface area contributed by atoms with Crippen molar-refractivity contribution in [2.45, 2.75) is 12.6 Å². The summed E-state index contributed by atoms with van der Waals surface area (Å²) in [7, 11) is 0. The van der Waals surface area contributed by atoms with Gasteiger partial charge in [-0.2, -0.15) is 11.8 Å². The molecule has 0 radical (unpaired) electrons. The number of carbonyl (C=O) groups is 1. The molecule has 0 aliphatic carbocycles. The molecule has 1 unspecified atom stereocenters. The largest absolute Gasteiger partial charge is 0.329 e. The molecule has 2 aliphatic heterocycles. The van der Waals surface area contributed by atoms with Crippen molar-refractivity contribution >= 4 is 17.7 Å². The predicted octanol–water partition coefficient (Wildman–Crippen LogP) is 2.42. The van der Waals surface area contributed by atoms with Crippen LogP contribution in [-0.2, 0) is 6.54 Å². The average molecular weight is 383 g/mol. The zero-order valence-corrected chi connectivity index (χ0v) is 16.3. The van der Waals surface area contributed by atoms with Gasteiger partial charge < -0.3 is 10.2 Å². The lowest BCUT2D eigenvalue weighted by Crippen LogP contribution is -2.48. The third kappa shape index (κ3) is 4.51. The molecule has 1 amide bonds. The van der Waals surface area contributed by atoms with Crippen molar-refractivity contribution in [2.75, 3.05) is 44.2 Å². The number of piperazine rings is 1. The fourth-order valence-corrected chi connectivity index (χ4v) is 4.73. The molecule has 1 aromatic carbocycles. The van der Waals surface area contributed by atoms with E-state index in [-0.39, 0.29) is 11.9 Å². The van der Waals surface area contributed by atoms with Crippen LogP contribution in [0.15, 0.2) is 48.8 Å². The van der Waals surface area contributed by atoms with Gasteiger partial charge in [0.25, 0.3) is 5.91 Å². The van der Waals surface area contributed by atoms with E-state index in [2.05, 4.69) is 27.3 Å². The number of nitrogens with one attached hydrogen (secondary N) is 1. The van der Waals surface area contributed by atoms with Gasteiger partial charge in [0.05, 0.1) is 6.04 Å². The summed E-state index contributed by atoms with van der Waals surface area (Å²) in [5.74, 6) is 2.54. The maximum absolute atomic E-state index is 13.1. The second-order valence-electron chi connectivity index (χ2n) is 7.09. The van der Waals surface area contributed by atoms with Crippen LogP contribution >= 0.6 is 11.8 Å². The van der Waals surface area contributed by atoms with E-state index in [9.17, 15) is 4.79 Å². The van der Waals surface area contributed by atoms with E-state index in [1.165, 1.54) is 17.1 Å². The van der Waals surface area contributed by atoms with Gasteiger partial charge >= 0.3 is 0 Å². The Morgan fingerprint density at radius 2 is 1.96 bits per heavy atom. The second kappa shape index (κ2) is 8.87. The van der Waals surface area contributed by atoms with E-state index in [0.29, 0.717) is 6.54 Å². The first kappa shape index (κ1) is 18.5. The second-order valence-corrected chi connectivity index (χ2v) is 8.32. The van der Waals surface area contributed by atoms with E-state index in [4.69, 9.17) is 0 Å². The first-order valence-electron chi connectivity index (χ1n) is 9.62. The summed E-state index contributed by atoms with van der Waals surface area (Å²) in [6, 6.07) is 12.2. The molecule has 2 fully saturated rings. The van der Waals surface area contributed by atoms with Gasteiger partial charge in [0.15, 0.2) is 0 Å². The molecule has 1 aromatic heterocycles. The minimum atomic E-state index is 0.0328. The van der Waals surface area contributed by atoms with Gasteiger partial charge in [0.1, 0.15) is 0 Å². The quantitative estimate of drug-likeness (QED) is 0.880. The number of aromatic nitrogens is 1. The standard InChI is InChI=1S/C21H26N4OS/c26-21(25-9-8-23-15-20(25)19-2-1-7-22-14-19)18-5-3-17(4-6-18)16-24-10-12-27-13-11-24/h1-7,14,20,23H,8-13,15-16H2. The molecule has 4 rings (SSSR count). The van der Waals surface area contributed by atoms with Crippen LogP contribution in [0.25, 0.3) is 0 Å². The van der Waals surface area contributed by atoms with Crippen molar-refractivity contribution in [3.63, 3.8) is 0 Å². The smallest absolute Gasteiger partial charge is 0.254 e. The zero-order chi connectivity index (χ0) is 18.5. The van der Waals surface area contributed by atoms with Crippen LogP contribution in [0.4, 0.5) is 0 Å². The molecule has 1 atom stereocenters. The summed E-state index contributed by atoms with van der Waals surface area (Å²) in [5.41, 5.74) is 3.13. The van der Waals surface area contributed by atoms with Gasteiger partial charge in [-0.05, 0) is 29.3 Å². The molecular formula is C21H26N4OS. The van der Waals surface area contributed by atoms with Crippen LogP contribution in [-0.4, -0.2) is 64.9 Å². The highest BCUT2D eigenvalue weighted by atomic mass is 32.2. The number of carbonyl (C=O) groups excluding carboxylic acids is 1. The lowest BCUT2D eigenvalue weighted by atomic mass is 10.0. The van der Waals surface area contributed by atoms with E-state index in [1.807, 2.05) is 47.1 Å². The van der Waals surface area contributed by atoms with E-state index >= 15 is 0 Å². The molecule has 0 spiro atoms. The van der Waals surface area contributed by atoms with Crippen LogP contribution in [0.3, 0.4) is 0 Å². The molecule has 27 heavy (non-hydrogen) atoms. The van der Waals surface area contributed by atoms with Crippen LogP contribution < -0.4 is 5.32 Å². The zero-order valence-electron chi connectivity index (χ0n) is 15.5. The molecule has 2 saturated heterocycles. The Balaban J connectivity index is 1.46. The molecule has 3 heterocycles. The number of rotatable bonds is 4. The lowest BCUT2D eigenvalue weighted by molar-refractivity contribution is 0.0634. The highest BCUT2D eigenvalue weighted by molar-refractivity contribution is 7.99.